The van der Waals surface area contributed by atoms with Gasteiger partial charge in [0.1, 0.15) is 0 Å². The van der Waals surface area contributed by atoms with Crippen LogP contribution in [0.5, 0.6) is 0 Å². The Morgan fingerprint density at radius 1 is 1.07 bits per heavy atom. The third kappa shape index (κ3) is 7.39. The van der Waals surface area contributed by atoms with Gasteiger partial charge in [-0.25, -0.2) is 13.2 Å². The number of alkyl halides is 3. The number of aromatic nitrogens is 1. The molecule has 0 bridgehead atoms. The highest BCUT2D eigenvalue weighted by Crippen LogP contribution is 2.40. The number of nitrogens with zero attached hydrogens (tertiary/aromatic N) is 1. The van der Waals surface area contributed by atoms with Crippen LogP contribution in [0, 0.1) is 0 Å². The van der Waals surface area contributed by atoms with Gasteiger partial charge in [0.25, 0.3) is 0 Å². The number of urea groups is 1. The lowest BCUT2D eigenvalue weighted by Gasteiger charge is -2.32. The summed E-state index contributed by atoms with van der Waals surface area (Å²) in [6.07, 6.45) is -1.44. The number of nitrogens with one attached hydrogen (secondary N) is 4. The van der Waals surface area contributed by atoms with Crippen LogP contribution in [0.15, 0.2) is 58.2 Å². The Balaban J connectivity index is 1.46. The monoisotopic (exact) mass is 621 g/mol. The number of benzene rings is 2. The number of carbonyl (C=O) groups is 1. The number of hydrogen-bond acceptors (Lipinski definition) is 5. The van der Waals surface area contributed by atoms with Crippen molar-refractivity contribution in [2.45, 2.75) is 75.5 Å². The SMILES string of the molecule is CCCN(CCC)S(=O)(=O)c1ccc(NC(=O)NCC[C@@]2(c3ccc4[nH]c(=O)cc(C(F)(F)F)c4c3)CC[C@@H](C)N2)cc1. The molecule has 2 aromatic carbocycles. The summed E-state index contributed by atoms with van der Waals surface area (Å²) in [5, 5.41) is 8.92. The van der Waals surface area contributed by atoms with Crippen molar-refractivity contribution in [3.8, 4) is 0 Å². The molecule has 9 nitrogen and oxygen atoms in total. The number of hydrogen-bond donors (Lipinski definition) is 4. The first kappa shape index (κ1) is 32.5. The molecule has 0 radical (unpaired) electrons. The van der Waals surface area contributed by atoms with E-state index < -0.39 is 38.9 Å². The van der Waals surface area contributed by atoms with E-state index in [0.717, 1.165) is 6.42 Å². The van der Waals surface area contributed by atoms with E-state index in [1.165, 1.54) is 40.7 Å². The lowest BCUT2D eigenvalue weighted by molar-refractivity contribution is -0.136. The quantitative estimate of drug-likeness (QED) is 0.224. The van der Waals surface area contributed by atoms with Crippen LogP contribution in [0.25, 0.3) is 10.9 Å². The molecule has 1 saturated heterocycles. The average Bonchev–Trinajstić information content (AvgIpc) is 3.33. The van der Waals surface area contributed by atoms with Crippen LogP contribution >= 0.6 is 0 Å². The lowest BCUT2D eigenvalue weighted by Crippen LogP contribution is -2.43. The molecule has 4 N–H and O–H groups in total. The summed E-state index contributed by atoms with van der Waals surface area (Å²) in [5.74, 6) is 0. The van der Waals surface area contributed by atoms with E-state index in [1.807, 2.05) is 20.8 Å². The zero-order valence-corrected chi connectivity index (χ0v) is 25.3. The van der Waals surface area contributed by atoms with Gasteiger partial charge < -0.3 is 20.9 Å². The van der Waals surface area contributed by atoms with E-state index in [9.17, 15) is 31.2 Å². The van der Waals surface area contributed by atoms with Crippen molar-refractivity contribution in [2.75, 3.05) is 25.0 Å². The fraction of sp³-hybridized carbons (Fsp3) is 0.467. The summed E-state index contributed by atoms with van der Waals surface area (Å²) in [4.78, 5) is 27.1. The first-order valence-corrected chi connectivity index (χ1v) is 15.9. The van der Waals surface area contributed by atoms with Crippen molar-refractivity contribution in [1.82, 2.24) is 19.9 Å². The van der Waals surface area contributed by atoms with Gasteiger partial charge in [-0.05, 0) is 81.0 Å². The maximum Gasteiger partial charge on any atom is 0.417 e. The highest BCUT2D eigenvalue weighted by atomic mass is 32.2. The summed E-state index contributed by atoms with van der Waals surface area (Å²) in [7, 11) is -3.64. The van der Waals surface area contributed by atoms with Crippen molar-refractivity contribution < 1.29 is 26.4 Å². The molecular formula is C30H38F3N5O4S. The number of aromatic amines is 1. The molecule has 2 heterocycles. The van der Waals surface area contributed by atoms with E-state index in [2.05, 4.69) is 20.9 Å². The normalized spacial score (nSPS) is 19.2. The summed E-state index contributed by atoms with van der Waals surface area (Å²) in [6, 6.07) is 10.8. The number of amides is 2. The van der Waals surface area contributed by atoms with Gasteiger partial charge in [0, 0.05) is 53.9 Å². The minimum Gasteiger partial charge on any atom is -0.338 e. The largest absolute Gasteiger partial charge is 0.417 e. The Bertz CT molecular complexity index is 1600. The second-order valence-electron chi connectivity index (χ2n) is 11.0. The van der Waals surface area contributed by atoms with Gasteiger partial charge >= 0.3 is 12.2 Å². The predicted octanol–water partition coefficient (Wildman–Crippen LogP) is 5.54. The van der Waals surface area contributed by atoms with Crippen molar-refractivity contribution >= 4 is 32.6 Å². The van der Waals surface area contributed by atoms with E-state index in [4.69, 9.17) is 0 Å². The van der Waals surface area contributed by atoms with Gasteiger partial charge in [-0.3, -0.25) is 4.79 Å². The molecule has 234 valence electrons. The average molecular weight is 622 g/mol. The standard InChI is InChI=1S/C30H38F3N5O4S/c1-4-16-38(17-5-2)43(41,42)23-9-7-22(8-10-23)35-28(40)34-15-14-29(13-12-20(3)37-29)21-6-11-26-24(18-21)25(30(31,32)33)19-27(39)36-26/h6-11,18-20,37H,4-5,12-17H2,1-3H3,(H,36,39)(H2,34,35,40)/t20-,29-/m1/s1. The van der Waals surface area contributed by atoms with Crippen LogP contribution in [0.3, 0.4) is 0 Å². The molecule has 3 aromatic rings. The molecule has 1 fully saturated rings. The second kappa shape index (κ2) is 13.1. The number of sulfonamides is 1. The molecule has 13 heteroatoms. The molecule has 1 aliphatic rings. The van der Waals surface area contributed by atoms with Gasteiger partial charge in [0.2, 0.25) is 15.6 Å². The molecule has 0 saturated carbocycles. The van der Waals surface area contributed by atoms with E-state index in [-0.39, 0.29) is 28.4 Å². The van der Waals surface area contributed by atoms with Crippen molar-refractivity contribution in [1.29, 1.82) is 0 Å². The van der Waals surface area contributed by atoms with Crippen LogP contribution in [0.1, 0.15) is 64.0 Å². The fourth-order valence-electron chi connectivity index (χ4n) is 5.71. The molecule has 0 aliphatic carbocycles. The Kier molecular flexibility index (Phi) is 9.87. The van der Waals surface area contributed by atoms with Crippen molar-refractivity contribution in [3.05, 3.63) is 70.0 Å². The Labute approximate surface area is 249 Å². The summed E-state index contributed by atoms with van der Waals surface area (Å²) >= 11 is 0. The van der Waals surface area contributed by atoms with Crippen LogP contribution in [0.4, 0.5) is 23.7 Å². The molecule has 1 aliphatic heterocycles. The molecular weight excluding hydrogens is 583 g/mol. The topological polar surface area (TPSA) is 123 Å². The van der Waals surface area contributed by atoms with Gasteiger partial charge in [0.15, 0.2) is 0 Å². The Morgan fingerprint density at radius 2 is 1.74 bits per heavy atom. The third-order valence-electron chi connectivity index (χ3n) is 7.76. The lowest BCUT2D eigenvalue weighted by atomic mass is 9.84. The minimum absolute atomic E-state index is 0.0889. The Hall–Kier alpha value is -3.42. The summed E-state index contributed by atoms with van der Waals surface area (Å²) < 4.78 is 68.7. The number of H-pyrrole nitrogens is 1. The molecule has 2 atom stereocenters. The third-order valence-corrected chi connectivity index (χ3v) is 9.67. The number of pyridine rings is 1. The minimum atomic E-state index is -4.69. The zero-order chi connectivity index (χ0) is 31.4. The highest BCUT2D eigenvalue weighted by Gasteiger charge is 2.39. The molecule has 1 aromatic heterocycles. The van der Waals surface area contributed by atoms with E-state index in [0.29, 0.717) is 56.1 Å². The number of halogens is 3. The second-order valence-corrected chi connectivity index (χ2v) is 13.0. The molecule has 43 heavy (non-hydrogen) atoms. The summed E-state index contributed by atoms with van der Waals surface area (Å²) in [6.45, 7) is 6.91. The predicted molar refractivity (Wildman–Crippen MR) is 161 cm³/mol. The molecule has 2 amide bonds. The molecule has 4 rings (SSSR count). The van der Waals surface area contributed by atoms with Crippen LogP contribution in [-0.2, 0) is 21.7 Å². The van der Waals surface area contributed by atoms with E-state index >= 15 is 0 Å². The first-order chi connectivity index (χ1) is 20.3. The Morgan fingerprint density at radius 3 is 2.33 bits per heavy atom. The van der Waals surface area contributed by atoms with Crippen molar-refractivity contribution in [2.24, 2.45) is 0 Å². The van der Waals surface area contributed by atoms with Gasteiger partial charge in [0.05, 0.1) is 10.5 Å². The van der Waals surface area contributed by atoms with Crippen molar-refractivity contribution in [3.63, 3.8) is 0 Å². The number of carbonyl (C=O) groups excluding carboxylic acids is 1. The fourth-order valence-corrected chi connectivity index (χ4v) is 7.33. The number of rotatable bonds is 11. The summed E-state index contributed by atoms with van der Waals surface area (Å²) in [5.41, 5.74) is -1.34. The number of anilines is 1. The number of fused-ring (bicyclic) bond motifs is 1. The zero-order valence-electron chi connectivity index (χ0n) is 24.5. The smallest absolute Gasteiger partial charge is 0.338 e. The van der Waals surface area contributed by atoms with Crippen LogP contribution < -0.4 is 21.5 Å². The molecule has 0 spiro atoms. The van der Waals surface area contributed by atoms with Gasteiger partial charge in [-0.2, -0.15) is 17.5 Å². The molecule has 0 unspecified atom stereocenters. The van der Waals surface area contributed by atoms with Gasteiger partial charge in [-0.15, -0.1) is 0 Å². The van der Waals surface area contributed by atoms with E-state index in [1.54, 1.807) is 6.07 Å². The van der Waals surface area contributed by atoms with Crippen LogP contribution in [0.2, 0.25) is 0 Å². The maximum atomic E-state index is 13.8. The highest BCUT2D eigenvalue weighted by molar-refractivity contribution is 7.89. The maximum absolute atomic E-state index is 13.8. The van der Waals surface area contributed by atoms with Crippen LogP contribution in [-0.4, -0.2) is 49.4 Å². The first-order valence-electron chi connectivity index (χ1n) is 14.5. The van der Waals surface area contributed by atoms with Gasteiger partial charge in [-0.1, -0.05) is 19.9 Å².